The Hall–Kier alpha value is -2.01. The summed E-state index contributed by atoms with van der Waals surface area (Å²) in [6, 6.07) is 5.02. The first-order valence-corrected chi connectivity index (χ1v) is 5.47. The Kier molecular flexibility index (Phi) is 3.25. The van der Waals surface area contributed by atoms with Crippen LogP contribution in [0.15, 0.2) is 34.6 Å². The Bertz CT molecular complexity index is 586. The number of aromatic nitrogens is 3. The summed E-state index contributed by atoms with van der Waals surface area (Å²) in [5.41, 5.74) is -1.35. The zero-order chi connectivity index (χ0) is 13.2. The van der Waals surface area contributed by atoms with E-state index < -0.39 is 17.3 Å². The standard InChI is InChI=1S/C10H5F3N4S/c11-10(12,13)8-3-7(2-1-6(8)4-14)18-9-15-5-16-17-9/h1-3,5H,(H,15,16,17). The fraction of sp³-hybridized carbons (Fsp3) is 0.100. The van der Waals surface area contributed by atoms with E-state index in [1.807, 2.05) is 0 Å². The van der Waals surface area contributed by atoms with Gasteiger partial charge in [-0.1, -0.05) is 11.8 Å². The molecule has 0 aliphatic carbocycles. The van der Waals surface area contributed by atoms with E-state index in [0.717, 1.165) is 23.9 Å². The molecule has 4 nitrogen and oxygen atoms in total. The van der Waals surface area contributed by atoms with Crippen LogP contribution in [0, 0.1) is 11.3 Å². The molecule has 0 bridgehead atoms. The first-order valence-electron chi connectivity index (χ1n) is 4.65. The highest BCUT2D eigenvalue weighted by atomic mass is 32.2. The van der Waals surface area contributed by atoms with Crippen LogP contribution in [0.5, 0.6) is 0 Å². The Morgan fingerprint density at radius 2 is 2.11 bits per heavy atom. The second kappa shape index (κ2) is 4.70. The summed E-state index contributed by atoms with van der Waals surface area (Å²) in [4.78, 5) is 4.13. The van der Waals surface area contributed by atoms with Gasteiger partial charge in [0.1, 0.15) is 6.33 Å². The van der Waals surface area contributed by atoms with Crippen molar-refractivity contribution in [3.63, 3.8) is 0 Å². The maximum absolute atomic E-state index is 12.7. The van der Waals surface area contributed by atoms with Crippen LogP contribution in [0.2, 0.25) is 0 Å². The first kappa shape index (κ1) is 12.4. The van der Waals surface area contributed by atoms with Crippen LogP contribution in [0.25, 0.3) is 0 Å². The molecule has 18 heavy (non-hydrogen) atoms. The quantitative estimate of drug-likeness (QED) is 0.911. The fourth-order valence-corrected chi connectivity index (χ4v) is 2.01. The lowest BCUT2D eigenvalue weighted by Gasteiger charge is -2.09. The van der Waals surface area contributed by atoms with E-state index >= 15 is 0 Å². The van der Waals surface area contributed by atoms with Crippen molar-refractivity contribution in [2.24, 2.45) is 0 Å². The van der Waals surface area contributed by atoms with Crippen LogP contribution in [0.3, 0.4) is 0 Å². The van der Waals surface area contributed by atoms with Crippen LogP contribution in [-0.4, -0.2) is 15.2 Å². The molecule has 0 aliphatic heterocycles. The number of alkyl halides is 3. The molecule has 0 saturated carbocycles. The molecule has 92 valence electrons. The molecule has 2 rings (SSSR count). The van der Waals surface area contributed by atoms with E-state index in [1.165, 1.54) is 18.5 Å². The average Bonchev–Trinajstić information content (AvgIpc) is 2.80. The van der Waals surface area contributed by atoms with Gasteiger partial charge in [0.15, 0.2) is 5.16 Å². The SMILES string of the molecule is N#Cc1ccc(Sc2ncn[nH]2)cc1C(F)(F)F. The van der Waals surface area contributed by atoms with Crippen molar-refractivity contribution in [1.82, 2.24) is 15.2 Å². The summed E-state index contributed by atoms with van der Waals surface area (Å²) in [5.74, 6) is 0. The Morgan fingerprint density at radius 3 is 2.67 bits per heavy atom. The minimum atomic E-state index is -4.55. The molecule has 0 amide bonds. The maximum Gasteiger partial charge on any atom is 0.417 e. The highest BCUT2D eigenvalue weighted by molar-refractivity contribution is 7.99. The van der Waals surface area contributed by atoms with Crippen molar-refractivity contribution in [1.29, 1.82) is 5.26 Å². The Balaban J connectivity index is 2.38. The Morgan fingerprint density at radius 1 is 1.33 bits per heavy atom. The first-order chi connectivity index (χ1) is 8.50. The van der Waals surface area contributed by atoms with Gasteiger partial charge in [0, 0.05) is 4.90 Å². The number of rotatable bonds is 2. The number of hydrogen-bond donors (Lipinski definition) is 1. The van der Waals surface area contributed by atoms with Crippen LogP contribution in [0.4, 0.5) is 13.2 Å². The van der Waals surface area contributed by atoms with E-state index in [2.05, 4.69) is 15.2 Å². The molecule has 0 atom stereocenters. The van der Waals surface area contributed by atoms with Gasteiger partial charge in [-0.05, 0) is 18.2 Å². The van der Waals surface area contributed by atoms with Gasteiger partial charge in [-0.3, -0.25) is 5.10 Å². The lowest BCUT2D eigenvalue weighted by Crippen LogP contribution is -2.07. The second-order valence-corrected chi connectivity index (χ2v) is 4.27. The molecule has 0 fully saturated rings. The largest absolute Gasteiger partial charge is 0.417 e. The summed E-state index contributed by atoms with van der Waals surface area (Å²) >= 11 is 1.01. The number of benzene rings is 1. The van der Waals surface area contributed by atoms with Gasteiger partial charge >= 0.3 is 6.18 Å². The monoisotopic (exact) mass is 270 g/mol. The molecule has 0 unspecified atom stereocenters. The van der Waals surface area contributed by atoms with Gasteiger partial charge < -0.3 is 0 Å². The van der Waals surface area contributed by atoms with Crippen molar-refractivity contribution in [3.05, 3.63) is 35.7 Å². The molecule has 0 spiro atoms. The summed E-state index contributed by atoms with van der Waals surface area (Å²) in [6.07, 6.45) is -3.29. The number of nitriles is 1. The molecule has 1 aromatic heterocycles. The molecule has 1 aromatic carbocycles. The molecular formula is C10H5F3N4S. The van der Waals surface area contributed by atoms with Crippen molar-refractivity contribution < 1.29 is 13.2 Å². The maximum atomic E-state index is 12.7. The molecule has 0 saturated heterocycles. The summed E-state index contributed by atoms with van der Waals surface area (Å²) < 4.78 is 38.1. The van der Waals surface area contributed by atoms with Crippen molar-refractivity contribution >= 4 is 11.8 Å². The zero-order valence-corrected chi connectivity index (χ0v) is 9.51. The van der Waals surface area contributed by atoms with Crippen LogP contribution in [-0.2, 0) is 6.18 Å². The fourth-order valence-electron chi connectivity index (χ4n) is 1.27. The molecule has 2 aromatic rings. The van der Waals surface area contributed by atoms with Gasteiger partial charge in [-0.2, -0.15) is 23.5 Å². The van der Waals surface area contributed by atoms with E-state index in [-0.39, 0.29) is 0 Å². The number of hydrogen-bond acceptors (Lipinski definition) is 4. The summed E-state index contributed by atoms with van der Waals surface area (Å²) in [5, 5.41) is 15.1. The number of nitrogens with one attached hydrogen (secondary N) is 1. The van der Waals surface area contributed by atoms with Gasteiger partial charge in [0.2, 0.25) is 0 Å². The molecule has 0 radical (unpaired) electrons. The predicted molar refractivity (Wildman–Crippen MR) is 56.7 cm³/mol. The zero-order valence-electron chi connectivity index (χ0n) is 8.69. The normalized spacial score (nSPS) is 11.2. The van der Waals surface area contributed by atoms with E-state index in [9.17, 15) is 13.2 Å². The van der Waals surface area contributed by atoms with Crippen LogP contribution >= 0.6 is 11.8 Å². The van der Waals surface area contributed by atoms with Crippen LogP contribution in [0.1, 0.15) is 11.1 Å². The van der Waals surface area contributed by atoms with Gasteiger partial charge in [0.25, 0.3) is 0 Å². The molecule has 1 N–H and O–H groups in total. The highest BCUT2D eigenvalue weighted by Gasteiger charge is 2.33. The van der Waals surface area contributed by atoms with Crippen molar-refractivity contribution in [2.75, 3.05) is 0 Å². The third-order valence-corrected chi connectivity index (χ3v) is 2.90. The predicted octanol–water partition coefficient (Wildman–Crippen LogP) is 2.85. The third-order valence-electron chi connectivity index (χ3n) is 2.02. The molecular weight excluding hydrogens is 265 g/mol. The van der Waals surface area contributed by atoms with E-state index in [4.69, 9.17) is 5.26 Å². The third kappa shape index (κ3) is 2.62. The number of nitrogens with zero attached hydrogens (tertiary/aromatic N) is 3. The van der Waals surface area contributed by atoms with Gasteiger partial charge in [0.05, 0.1) is 17.2 Å². The smallest absolute Gasteiger partial charge is 0.254 e. The lowest BCUT2D eigenvalue weighted by atomic mass is 10.1. The summed E-state index contributed by atoms with van der Waals surface area (Å²) in [6.45, 7) is 0. The lowest BCUT2D eigenvalue weighted by molar-refractivity contribution is -0.137. The Labute approximate surface area is 104 Å². The topological polar surface area (TPSA) is 65.4 Å². The van der Waals surface area contributed by atoms with Gasteiger partial charge in [-0.15, -0.1) is 0 Å². The van der Waals surface area contributed by atoms with E-state index in [1.54, 1.807) is 0 Å². The number of halogens is 3. The van der Waals surface area contributed by atoms with Gasteiger partial charge in [-0.25, -0.2) is 4.98 Å². The van der Waals surface area contributed by atoms with Crippen molar-refractivity contribution in [2.45, 2.75) is 16.2 Å². The highest BCUT2D eigenvalue weighted by Crippen LogP contribution is 2.35. The number of aromatic amines is 1. The van der Waals surface area contributed by atoms with E-state index in [0.29, 0.717) is 10.1 Å². The number of H-pyrrole nitrogens is 1. The minimum absolute atomic E-state index is 0.332. The molecule has 1 heterocycles. The molecule has 0 aliphatic rings. The molecule has 8 heteroatoms. The van der Waals surface area contributed by atoms with Crippen LogP contribution < -0.4 is 0 Å². The second-order valence-electron chi connectivity index (χ2n) is 3.21. The average molecular weight is 270 g/mol. The minimum Gasteiger partial charge on any atom is -0.254 e. The van der Waals surface area contributed by atoms with Crippen molar-refractivity contribution in [3.8, 4) is 6.07 Å². The summed E-state index contributed by atoms with van der Waals surface area (Å²) in [7, 11) is 0.